The van der Waals surface area contributed by atoms with Gasteiger partial charge < -0.3 is 0 Å². The van der Waals surface area contributed by atoms with Gasteiger partial charge >= 0.3 is 0 Å². The molecule has 0 spiro atoms. The summed E-state index contributed by atoms with van der Waals surface area (Å²) >= 11 is 3.33. The topological polar surface area (TPSA) is 70.0 Å². The lowest BCUT2D eigenvalue weighted by Gasteiger charge is -2.15. The molecule has 0 atom stereocenters. The zero-order valence-corrected chi connectivity index (χ0v) is 11.6. The number of imide groups is 1. The van der Waals surface area contributed by atoms with E-state index in [0.29, 0.717) is 11.1 Å². The van der Waals surface area contributed by atoms with Gasteiger partial charge in [-0.1, -0.05) is 28.1 Å². The molecule has 19 heavy (non-hydrogen) atoms. The van der Waals surface area contributed by atoms with Crippen LogP contribution in [0.3, 0.4) is 0 Å². The van der Waals surface area contributed by atoms with E-state index < -0.39 is 11.8 Å². The van der Waals surface area contributed by atoms with Crippen LogP contribution < -0.4 is 5.32 Å². The number of carbonyl (C=O) groups is 2. The van der Waals surface area contributed by atoms with E-state index in [1.165, 1.54) is 0 Å². The molecule has 0 unspecified atom stereocenters. The summed E-state index contributed by atoms with van der Waals surface area (Å²) in [5.74, 6) is -1.12. The molecule has 1 aliphatic heterocycles. The van der Waals surface area contributed by atoms with Crippen molar-refractivity contribution in [3.63, 3.8) is 0 Å². The molecular formula is C14H9BrN2O2. The summed E-state index contributed by atoms with van der Waals surface area (Å²) in [7, 11) is 0. The highest BCUT2D eigenvalue weighted by Crippen LogP contribution is 2.22. The van der Waals surface area contributed by atoms with Crippen molar-refractivity contribution in [2.75, 3.05) is 0 Å². The van der Waals surface area contributed by atoms with Gasteiger partial charge in [-0.3, -0.25) is 14.9 Å². The van der Waals surface area contributed by atoms with Crippen molar-refractivity contribution in [1.82, 2.24) is 5.32 Å². The maximum absolute atomic E-state index is 11.8. The van der Waals surface area contributed by atoms with E-state index >= 15 is 0 Å². The zero-order valence-electron chi connectivity index (χ0n) is 10.0. The highest BCUT2D eigenvalue weighted by molar-refractivity contribution is 9.10. The summed E-state index contributed by atoms with van der Waals surface area (Å²) in [6.45, 7) is 1.60. The van der Waals surface area contributed by atoms with Crippen LogP contribution in [0.1, 0.15) is 12.5 Å². The lowest BCUT2D eigenvalue weighted by atomic mass is 9.95. The normalized spacial score (nSPS) is 17.4. The van der Waals surface area contributed by atoms with Gasteiger partial charge in [0.2, 0.25) is 0 Å². The molecule has 1 aromatic rings. The lowest BCUT2D eigenvalue weighted by Crippen LogP contribution is -2.37. The smallest absolute Gasteiger partial charge is 0.269 e. The van der Waals surface area contributed by atoms with Gasteiger partial charge in [-0.05, 0) is 36.3 Å². The second-order valence-corrected chi connectivity index (χ2v) is 4.92. The van der Waals surface area contributed by atoms with Crippen molar-refractivity contribution < 1.29 is 9.59 Å². The number of amides is 2. The number of rotatable bonds is 1. The van der Waals surface area contributed by atoms with E-state index in [1.54, 1.807) is 13.0 Å². The van der Waals surface area contributed by atoms with Crippen molar-refractivity contribution in [3.05, 3.63) is 51.0 Å². The molecule has 1 heterocycles. The van der Waals surface area contributed by atoms with Crippen molar-refractivity contribution in [2.24, 2.45) is 0 Å². The van der Waals surface area contributed by atoms with Crippen LogP contribution in [-0.4, -0.2) is 11.8 Å². The molecule has 2 rings (SSSR count). The molecule has 0 saturated heterocycles. The van der Waals surface area contributed by atoms with Crippen molar-refractivity contribution in [2.45, 2.75) is 6.92 Å². The van der Waals surface area contributed by atoms with Crippen LogP contribution in [0.2, 0.25) is 0 Å². The van der Waals surface area contributed by atoms with Gasteiger partial charge in [-0.15, -0.1) is 0 Å². The monoisotopic (exact) mass is 316 g/mol. The Bertz CT molecular complexity index is 664. The number of nitrogens with zero attached hydrogens (tertiary/aromatic N) is 1. The summed E-state index contributed by atoms with van der Waals surface area (Å²) in [6, 6.07) is 9.18. The van der Waals surface area contributed by atoms with Gasteiger partial charge in [0.05, 0.1) is 0 Å². The lowest BCUT2D eigenvalue weighted by molar-refractivity contribution is -0.126. The third-order valence-electron chi connectivity index (χ3n) is 2.77. The number of hydrogen-bond acceptors (Lipinski definition) is 3. The average Bonchev–Trinajstić information content (AvgIpc) is 2.37. The van der Waals surface area contributed by atoms with E-state index in [-0.39, 0.29) is 5.57 Å². The van der Waals surface area contributed by atoms with E-state index in [2.05, 4.69) is 21.2 Å². The first-order valence-electron chi connectivity index (χ1n) is 5.47. The van der Waals surface area contributed by atoms with Crippen molar-refractivity contribution >= 4 is 33.8 Å². The summed E-state index contributed by atoms with van der Waals surface area (Å²) in [5.41, 5.74) is 1.53. The Hall–Kier alpha value is -2.19. The molecule has 0 fully saturated rings. The number of benzene rings is 1. The van der Waals surface area contributed by atoms with E-state index in [9.17, 15) is 9.59 Å². The Morgan fingerprint density at radius 2 is 1.84 bits per heavy atom. The standard InChI is InChI=1S/C14H9BrN2O2/c1-8-11(6-9-2-4-10(15)5-3-9)13(18)17-14(19)12(8)7-16/h2-6H,1H3,(H,17,18,19)/b11-6-. The van der Waals surface area contributed by atoms with Gasteiger partial charge in [0, 0.05) is 10.0 Å². The first-order valence-corrected chi connectivity index (χ1v) is 6.26. The van der Waals surface area contributed by atoms with Crippen LogP contribution in [0.15, 0.2) is 45.5 Å². The fraction of sp³-hybridized carbons (Fsp3) is 0.0714. The first-order chi connectivity index (χ1) is 9.02. The highest BCUT2D eigenvalue weighted by atomic mass is 79.9. The predicted octanol–water partition coefficient (Wildman–Crippen LogP) is 2.33. The summed E-state index contributed by atoms with van der Waals surface area (Å²) < 4.78 is 0.933. The molecular weight excluding hydrogens is 308 g/mol. The Kier molecular flexibility index (Phi) is 3.63. The van der Waals surface area contributed by atoms with Crippen LogP contribution in [0.25, 0.3) is 6.08 Å². The van der Waals surface area contributed by atoms with Crippen molar-refractivity contribution in [1.29, 1.82) is 5.26 Å². The molecule has 0 aliphatic carbocycles. The van der Waals surface area contributed by atoms with Crippen LogP contribution >= 0.6 is 15.9 Å². The molecule has 1 aliphatic rings. The fourth-order valence-corrected chi connectivity index (χ4v) is 2.01. The average molecular weight is 317 g/mol. The van der Waals surface area contributed by atoms with E-state index in [4.69, 9.17) is 5.26 Å². The van der Waals surface area contributed by atoms with E-state index in [0.717, 1.165) is 10.0 Å². The van der Waals surface area contributed by atoms with Crippen LogP contribution in [0.4, 0.5) is 0 Å². The second kappa shape index (κ2) is 5.21. The first kappa shape index (κ1) is 13.2. The molecule has 0 aromatic heterocycles. The van der Waals surface area contributed by atoms with Gasteiger partial charge in [-0.25, -0.2) is 0 Å². The molecule has 94 valence electrons. The Morgan fingerprint density at radius 1 is 1.21 bits per heavy atom. The maximum atomic E-state index is 11.8. The van der Waals surface area contributed by atoms with Crippen LogP contribution in [-0.2, 0) is 9.59 Å². The minimum Gasteiger partial charge on any atom is -0.288 e. The number of nitriles is 1. The SMILES string of the molecule is CC1=C(C#N)C(=O)NC(=O)/C1=C\c1ccc(Br)cc1. The molecule has 0 radical (unpaired) electrons. The maximum Gasteiger partial charge on any atom is 0.269 e. The summed E-state index contributed by atoms with van der Waals surface area (Å²) in [5, 5.41) is 11.1. The molecule has 4 nitrogen and oxygen atoms in total. The molecule has 0 bridgehead atoms. The predicted molar refractivity (Wildman–Crippen MR) is 73.6 cm³/mol. The van der Waals surface area contributed by atoms with Gasteiger partial charge in [0.1, 0.15) is 11.6 Å². The molecule has 1 aromatic carbocycles. The van der Waals surface area contributed by atoms with Gasteiger partial charge in [0.25, 0.3) is 11.8 Å². The summed E-state index contributed by atoms with van der Waals surface area (Å²) in [4.78, 5) is 23.2. The molecule has 1 N–H and O–H groups in total. The second-order valence-electron chi connectivity index (χ2n) is 4.00. The number of carbonyl (C=O) groups excluding carboxylic acids is 2. The minimum absolute atomic E-state index is 0.0250. The van der Waals surface area contributed by atoms with E-state index in [1.807, 2.05) is 30.3 Å². The number of hydrogen-bond donors (Lipinski definition) is 1. The van der Waals surface area contributed by atoms with Crippen LogP contribution in [0.5, 0.6) is 0 Å². The highest BCUT2D eigenvalue weighted by Gasteiger charge is 2.27. The van der Waals surface area contributed by atoms with Crippen molar-refractivity contribution in [3.8, 4) is 6.07 Å². The number of halogens is 1. The minimum atomic E-state index is -0.641. The summed E-state index contributed by atoms with van der Waals surface area (Å²) in [6.07, 6.45) is 1.65. The fourth-order valence-electron chi connectivity index (χ4n) is 1.74. The Balaban J connectivity index is 2.51. The molecule has 2 amide bonds. The molecule has 5 heteroatoms. The number of nitrogens with one attached hydrogen (secondary N) is 1. The quantitative estimate of drug-likeness (QED) is 0.638. The largest absolute Gasteiger partial charge is 0.288 e. The van der Waals surface area contributed by atoms with Gasteiger partial charge in [-0.2, -0.15) is 5.26 Å². The third kappa shape index (κ3) is 2.64. The molecule has 0 saturated carbocycles. The zero-order chi connectivity index (χ0) is 14.0. The third-order valence-corrected chi connectivity index (χ3v) is 3.30. The Morgan fingerprint density at radius 3 is 2.42 bits per heavy atom. The van der Waals surface area contributed by atoms with Crippen LogP contribution in [0, 0.1) is 11.3 Å². The Labute approximate surface area is 118 Å². The van der Waals surface area contributed by atoms with Gasteiger partial charge in [0.15, 0.2) is 0 Å².